The molecular formula is C40H42O7S2. The minimum atomic E-state index is -0.438. The van der Waals surface area contributed by atoms with E-state index < -0.39 is 12.2 Å². The van der Waals surface area contributed by atoms with Gasteiger partial charge < -0.3 is 23.7 Å². The van der Waals surface area contributed by atoms with Gasteiger partial charge in [0.25, 0.3) is 0 Å². The molecule has 256 valence electrons. The average molecular weight is 699 g/mol. The molecule has 0 heterocycles. The normalized spacial score (nSPS) is 12.8. The Labute approximate surface area is 297 Å². The number of hydrogen-bond donors (Lipinski definition) is 0. The number of hydrogen-bond acceptors (Lipinski definition) is 9. The summed E-state index contributed by atoms with van der Waals surface area (Å²) in [7, 11) is 0. The number of ether oxygens (including phenoxy) is 5. The minimum Gasteiger partial charge on any atom is -0.490 e. The van der Waals surface area contributed by atoms with Gasteiger partial charge in [0.1, 0.15) is 48.4 Å². The molecule has 0 spiro atoms. The number of benzene rings is 4. The summed E-state index contributed by atoms with van der Waals surface area (Å²) < 4.78 is 29.5. The highest BCUT2D eigenvalue weighted by Crippen LogP contribution is 2.27. The third-order valence-electron chi connectivity index (χ3n) is 7.17. The SMILES string of the molecule is CC=C(C)C(=O)OC(COc1ccc(Oc2ccc(OCC(CSc3ccccc3)OC(=O)C(C)=CC)cc2)cc1)CSc1ccccc1. The van der Waals surface area contributed by atoms with Crippen LogP contribution in [0.25, 0.3) is 0 Å². The molecule has 4 rings (SSSR count). The zero-order valence-corrected chi connectivity index (χ0v) is 29.8. The van der Waals surface area contributed by atoms with Crippen LogP contribution >= 0.6 is 23.5 Å². The molecular weight excluding hydrogens is 657 g/mol. The summed E-state index contributed by atoms with van der Waals surface area (Å²) in [5.74, 6) is 2.95. The second-order valence-electron chi connectivity index (χ2n) is 10.9. The first-order valence-corrected chi connectivity index (χ1v) is 18.0. The molecule has 9 heteroatoms. The largest absolute Gasteiger partial charge is 0.490 e. The van der Waals surface area contributed by atoms with Gasteiger partial charge in [0.15, 0.2) is 0 Å². The van der Waals surface area contributed by atoms with Gasteiger partial charge >= 0.3 is 11.9 Å². The molecule has 0 bridgehead atoms. The molecule has 0 N–H and O–H groups in total. The maximum absolute atomic E-state index is 12.5. The molecule has 0 aliphatic rings. The predicted octanol–water partition coefficient (Wildman–Crippen LogP) is 9.58. The lowest BCUT2D eigenvalue weighted by molar-refractivity contribution is -0.145. The van der Waals surface area contributed by atoms with Crippen molar-refractivity contribution >= 4 is 35.5 Å². The molecule has 0 saturated carbocycles. The van der Waals surface area contributed by atoms with E-state index in [9.17, 15) is 9.59 Å². The van der Waals surface area contributed by atoms with E-state index >= 15 is 0 Å². The van der Waals surface area contributed by atoms with Crippen molar-refractivity contribution in [3.05, 3.63) is 132 Å². The van der Waals surface area contributed by atoms with Gasteiger partial charge in [-0.15, -0.1) is 23.5 Å². The van der Waals surface area contributed by atoms with Crippen LogP contribution in [0, 0.1) is 0 Å². The van der Waals surface area contributed by atoms with Crippen molar-refractivity contribution in [1.29, 1.82) is 0 Å². The zero-order valence-electron chi connectivity index (χ0n) is 28.2. The van der Waals surface area contributed by atoms with Crippen LogP contribution in [0.5, 0.6) is 23.0 Å². The average Bonchev–Trinajstić information content (AvgIpc) is 3.14. The monoisotopic (exact) mass is 698 g/mol. The summed E-state index contributed by atoms with van der Waals surface area (Å²) in [6.45, 7) is 7.51. The molecule has 0 aromatic heterocycles. The molecule has 0 saturated heterocycles. The van der Waals surface area contributed by atoms with E-state index in [0.717, 1.165) is 9.79 Å². The highest BCUT2D eigenvalue weighted by molar-refractivity contribution is 7.99. The summed E-state index contributed by atoms with van der Waals surface area (Å²) in [6, 6.07) is 34.5. The standard InChI is InChI=1S/C40H42O7S2/c1-5-29(3)39(41)46-35(27-48-37-13-9-7-10-14-37)25-43-31-17-21-33(22-18-31)45-34-23-19-32(20-24-34)44-26-36(47-40(42)30(4)6-2)28-49-38-15-11-8-12-16-38/h5-24,35-36H,25-28H2,1-4H3. The van der Waals surface area contributed by atoms with Crippen LogP contribution in [0.1, 0.15) is 27.7 Å². The molecule has 0 amide bonds. The van der Waals surface area contributed by atoms with Gasteiger partial charge in [0.2, 0.25) is 0 Å². The quantitative estimate of drug-likeness (QED) is 0.0573. The van der Waals surface area contributed by atoms with Gasteiger partial charge in [-0.25, -0.2) is 9.59 Å². The van der Waals surface area contributed by atoms with Crippen LogP contribution in [0.15, 0.2) is 142 Å². The first kappa shape index (κ1) is 37.2. The van der Waals surface area contributed by atoms with Crippen LogP contribution in [-0.2, 0) is 19.1 Å². The van der Waals surface area contributed by atoms with E-state index in [1.54, 1.807) is 49.5 Å². The van der Waals surface area contributed by atoms with E-state index in [1.807, 2.05) is 123 Å². The molecule has 49 heavy (non-hydrogen) atoms. The number of carbonyl (C=O) groups is 2. The van der Waals surface area contributed by atoms with Gasteiger partial charge in [-0.3, -0.25) is 0 Å². The first-order chi connectivity index (χ1) is 23.8. The van der Waals surface area contributed by atoms with Gasteiger partial charge in [-0.05, 0) is 100 Å². The third kappa shape index (κ3) is 13.1. The van der Waals surface area contributed by atoms with Gasteiger partial charge in [-0.2, -0.15) is 0 Å². The molecule has 0 fully saturated rings. The number of allylic oxidation sites excluding steroid dienone is 2. The fourth-order valence-corrected chi connectivity index (χ4v) is 5.88. The molecule has 0 aliphatic heterocycles. The van der Waals surface area contributed by atoms with E-state index in [4.69, 9.17) is 23.7 Å². The zero-order chi connectivity index (χ0) is 34.8. The molecule has 2 atom stereocenters. The lowest BCUT2D eigenvalue weighted by atomic mass is 10.3. The van der Waals surface area contributed by atoms with Gasteiger partial charge in [-0.1, -0.05) is 48.6 Å². The Morgan fingerprint density at radius 3 is 1.24 bits per heavy atom. The van der Waals surface area contributed by atoms with E-state index in [2.05, 4.69) is 0 Å². The second kappa shape index (κ2) is 20.0. The van der Waals surface area contributed by atoms with Crippen LogP contribution in [-0.4, -0.2) is 48.9 Å². The number of thioether (sulfide) groups is 2. The highest BCUT2D eigenvalue weighted by atomic mass is 32.2. The predicted molar refractivity (Wildman–Crippen MR) is 197 cm³/mol. The molecule has 0 aliphatic carbocycles. The van der Waals surface area contributed by atoms with Crippen molar-refractivity contribution in [3.63, 3.8) is 0 Å². The summed E-state index contributed by atoms with van der Waals surface area (Å²) in [5.41, 5.74) is 1.11. The molecule has 4 aromatic carbocycles. The summed E-state index contributed by atoms with van der Waals surface area (Å²) >= 11 is 3.22. The molecule has 7 nitrogen and oxygen atoms in total. The van der Waals surface area contributed by atoms with Crippen LogP contribution in [0.4, 0.5) is 0 Å². The fourth-order valence-electron chi connectivity index (χ4n) is 4.09. The van der Waals surface area contributed by atoms with E-state index in [1.165, 1.54) is 0 Å². The molecule has 2 unspecified atom stereocenters. The van der Waals surface area contributed by atoms with Crippen molar-refractivity contribution in [2.24, 2.45) is 0 Å². The first-order valence-electron chi connectivity index (χ1n) is 16.0. The van der Waals surface area contributed by atoms with Crippen molar-refractivity contribution in [1.82, 2.24) is 0 Å². The lowest BCUT2D eigenvalue weighted by Crippen LogP contribution is -2.28. The summed E-state index contributed by atoms with van der Waals surface area (Å²) in [4.78, 5) is 27.1. The maximum Gasteiger partial charge on any atom is 0.333 e. The minimum absolute atomic E-state index is 0.212. The van der Waals surface area contributed by atoms with Crippen LogP contribution < -0.4 is 14.2 Å². The Balaban J connectivity index is 1.28. The van der Waals surface area contributed by atoms with Crippen LogP contribution in [0.2, 0.25) is 0 Å². The van der Waals surface area contributed by atoms with Gasteiger partial charge in [0, 0.05) is 32.4 Å². The van der Waals surface area contributed by atoms with E-state index in [-0.39, 0.29) is 25.2 Å². The Morgan fingerprint density at radius 1 is 0.551 bits per heavy atom. The van der Waals surface area contributed by atoms with Crippen molar-refractivity contribution < 1.29 is 33.3 Å². The topological polar surface area (TPSA) is 80.3 Å². The Hall–Kier alpha value is -4.60. The van der Waals surface area contributed by atoms with Crippen molar-refractivity contribution in [2.75, 3.05) is 24.7 Å². The molecule has 0 radical (unpaired) electrons. The van der Waals surface area contributed by atoms with Crippen molar-refractivity contribution in [3.8, 4) is 23.0 Å². The number of rotatable bonds is 18. The lowest BCUT2D eigenvalue weighted by Gasteiger charge is -2.19. The molecule has 4 aromatic rings. The summed E-state index contributed by atoms with van der Waals surface area (Å²) in [6.07, 6.45) is 2.59. The maximum atomic E-state index is 12.5. The second-order valence-corrected chi connectivity index (χ2v) is 13.1. The number of esters is 2. The Bertz CT molecular complexity index is 1530. The van der Waals surface area contributed by atoms with Gasteiger partial charge in [0.05, 0.1) is 0 Å². The van der Waals surface area contributed by atoms with Crippen LogP contribution in [0.3, 0.4) is 0 Å². The highest BCUT2D eigenvalue weighted by Gasteiger charge is 2.19. The Kier molecular flexibility index (Phi) is 15.2. The van der Waals surface area contributed by atoms with Crippen molar-refractivity contribution in [2.45, 2.75) is 49.7 Å². The summed E-state index contributed by atoms with van der Waals surface area (Å²) in [5, 5.41) is 0. The smallest absolute Gasteiger partial charge is 0.333 e. The number of carbonyl (C=O) groups excluding carboxylic acids is 2. The van der Waals surface area contributed by atoms with E-state index in [0.29, 0.717) is 45.6 Å². The Morgan fingerprint density at radius 2 is 0.898 bits per heavy atom. The fraction of sp³-hybridized carbons (Fsp3) is 0.250. The third-order valence-corrected chi connectivity index (χ3v) is 9.46.